The van der Waals surface area contributed by atoms with Gasteiger partial charge in [-0.25, -0.2) is 0 Å². The van der Waals surface area contributed by atoms with Gasteiger partial charge in [-0.15, -0.1) is 0 Å². The van der Waals surface area contributed by atoms with E-state index in [9.17, 15) is 0 Å². The molecule has 1 aromatic rings. The van der Waals surface area contributed by atoms with Gasteiger partial charge in [-0.2, -0.15) is 11.8 Å². The van der Waals surface area contributed by atoms with Crippen molar-refractivity contribution in [2.45, 2.75) is 12.3 Å². The molecule has 0 aliphatic heterocycles. The maximum Gasteiger partial charge on any atom is 0.0470 e. The van der Waals surface area contributed by atoms with Crippen molar-refractivity contribution in [1.82, 2.24) is 0 Å². The molecule has 0 saturated heterocycles. The molecule has 0 aliphatic carbocycles. The van der Waals surface area contributed by atoms with Crippen molar-refractivity contribution in [3.05, 3.63) is 35.9 Å². The van der Waals surface area contributed by atoms with Gasteiger partial charge in [0, 0.05) is 25.4 Å². The molecule has 2 nitrogen and oxygen atoms in total. The van der Waals surface area contributed by atoms with E-state index in [-0.39, 0.29) is 0 Å². The molecule has 0 radical (unpaired) electrons. The van der Waals surface area contributed by atoms with Gasteiger partial charge in [0.25, 0.3) is 0 Å². The number of methoxy groups -OCH3 is 1. The smallest absolute Gasteiger partial charge is 0.0470 e. The molecule has 2 N–H and O–H groups in total. The van der Waals surface area contributed by atoms with Crippen molar-refractivity contribution in [1.29, 1.82) is 0 Å². The minimum atomic E-state index is 0.480. The zero-order valence-corrected chi connectivity index (χ0v) is 10.7. The van der Waals surface area contributed by atoms with Crippen LogP contribution in [0.15, 0.2) is 30.3 Å². The summed E-state index contributed by atoms with van der Waals surface area (Å²) in [5.41, 5.74) is 7.16. The lowest BCUT2D eigenvalue weighted by atomic mass is 10.0. The first kappa shape index (κ1) is 13.6. The van der Waals surface area contributed by atoms with Crippen LogP contribution in [0, 0.1) is 0 Å². The molecule has 0 heterocycles. The lowest BCUT2D eigenvalue weighted by Gasteiger charge is -2.14. The highest BCUT2D eigenvalue weighted by Gasteiger charge is 2.08. The number of hydrogen-bond donors (Lipinski definition) is 1. The van der Waals surface area contributed by atoms with Crippen LogP contribution in [-0.2, 0) is 4.74 Å². The Morgan fingerprint density at radius 1 is 1.31 bits per heavy atom. The minimum absolute atomic E-state index is 0.480. The average molecular weight is 239 g/mol. The molecule has 0 amide bonds. The zero-order valence-electron chi connectivity index (χ0n) is 9.89. The molecule has 1 unspecified atom stereocenters. The number of nitrogens with two attached hydrogens (primary N) is 1. The van der Waals surface area contributed by atoms with Crippen LogP contribution in [0.4, 0.5) is 0 Å². The van der Waals surface area contributed by atoms with Crippen LogP contribution < -0.4 is 5.73 Å². The highest BCUT2D eigenvalue weighted by atomic mass is 32.2. The molecular formula is C13H21NOS. The third kappa shape index (κ3) is 5.01. The Labute approximate surface area is 103 Å². The summed E-state index contributed by atoms with van der Waals surface area (Å²) in [4.78, 5) is 0. The van der Waals surface area contributed by atoms with Crippen molar-refractivity contribution in [3.8, 4) is 0 Å². The maximum absolute atomic E-state index is 5.81. The fraction of sp³-hybridized carbons (Fsp3) is 0.538. The third-order valence-electron chi connectivity index (χ3n) is 2.51. The predicted molar refractivity (Wildman–Crippen MR) is 72.1 cm³/mol. The second-order valence-corrected chi connectivity index (χ2v) is 4.91. The predicted octanol–water partition coefficient (Wildman–Crippen LogP) is 2.50. The SMILES string of the molecule is COCCCSCC(CN)c1ccccc1. The summed E-state index contributed by atoms with van der Waals surface area (Å²) in [7, 11) is 1.75. The van der Waals surface area contributed by atoms with Gasteiger partial charge in [0.05, 0.1) is 0 Å². The highest BCUT2D eigenvalue weighted by Crippen LogP contribution is 2.19. The molecule has 90 valence electrons. The standard InChI is InChI=1S/C13H21NOS/c1-15-8-5-9-16-11-13(10-14)12-6-3-2-4-7-12/h2-4,6-7,13H,5,8-11,14H2,1H3. The van der Waals surface area contributed by atoms with Gasteiger partial charge >= 0.3 is 0 Å². The van der Waals surface area contributed by atoms with Gasteiger partial charge in [0.1, 0.15) is 0 Å². The zero-order chi connectivity index (χ0) is 11.6. The average Bonchev–Trinajstić information content (AvgIpc) is 2.35. The summed E-state index contributed by atoms with van der Waals surface area (Å²) in [5, 5.41) is 0. The highest BCUT2D eigenvalue weighted by molar-refractivity contribution is 7.99. The topological polar surface area (TPSA) is 35.2 Å². The van der Waals surface area contributed by atoms with E-state index in [1.54, 1.807) is 7.11 Å². The third-order valence-corrected chi connectivity index (χ3v) is 3.73. The Kier molecular flexibility index (Phi) is 7.30. The summed E-state index contributed by atoms with van der Waals surface area (Å²) in [6.07, 6.45) is 1.12. The van der Waals surface area contributed by atoms with Crippen LogP contribution >= 0.6 is 11.8 Å². The second-order valence-electron chi connectivity index (χ2n) is 3.76. The van der Waals surface area contributed by atoms with E-state index >= 15 is 0 Å². The molecule has 0 aromatic heterocycles. The first-order valence-corrected chi connectivity index (χ1v) is 6.85. The second kappa shape index (κ2) is 8.62. The van der Waals surface area contributed by atoms with Crippen molar-refractivity contribution < 1.29 is 4.74 Å². The molecule has 3 heteroatoms. The molecule has 1 rings (SSSR count). The molecule has 1 atom stereocenters. The van der Waals surface area contributed by atoms with Crippen LogP contribution in [0.1, 0.15) is 17.9 Å². The van der Waals surface area contributed by atoms with E-state index in [4.69, 9.17) is 10.5 Å². The van der Waals surface area contributed by atoms with Crippen molar-refractivity contribution in [2.75, 3.05) is 31.8 Å². The molecule has 0 fully saturated rings. The van der Waals surface area contributed by atoms with Crippen LogP contribution in [-0.4, -0.2) is 31.8 Å². The molecular weight excluding hydrogens is 218 g/mol. The van der Waals surface area contributed by atoms with Gasteiger partial charge < -0.3 is 10.5 Å². The number of benzene rings is 1. The van der Waals surface area contributed by atoms with Gasteiger partial charge in [0.2, 0.25) is 0 Å². The number of ether oxygens (including phenoxy) is 1. The minimum Gasteiger partial charge on any atom is -0.385 e. The normalized spacial score (nSPS) is 12.6. The molecule has 0 bridgehead atoms. The van der Waals surface area contributed by atoms with E-state index in [2.05, 4.69) is 24.3 Å². The van der Waals surface area contributed by atoms with Gasteiger partial charge in [0.15, 0.2) is 0 Å². The fourth-order valence-electron chi connectivity index (χ4n) is 1.56. The van der Waals surface area contributed by atoms with E-state index in [1.807, 2.05) is 17.8 Å². The van der Waals surface area contributed by atoms with Crippen LogP contribution in [0.25, 0.3) is 0 Å². The Morgan fingerprint density at radius 3 is 2.69 bits per heavy atom. The van der Waals surface area contributed by atoms with Crippen molar-refractivity contribution in [2.24, 2.45) is 5.73 Å². The van der Waals surface area contributed by atoms with Gasteiger partial charge in [-0.1, -0.05) is 30.3 Å². The van der Waals surface area contributed by atoms with Gasteiger partial charge in [-0.3, -0.25) is 0 Å². The largest absolute Gasteiger partial charge is 0.385 e. The van der Waals surface area contributed by atoms with Crippen LogP contribution in [0.5, 0.6) is 0 Å². The van der Waals surface area contributed by atoms with Gasteiger partial charge in [-0.05, 0) is 24.3 Å². The first-order valence-electron chi connectivity index (χ1n) is 5.70. The maximum atomic E-state index is 5.81. The van der Waals surface area contributed by atoms with Crippen molar-refractivity contribution in [3.63, 3.8) is 0 Å². The monoisotopic (exact) mass is 239 g/mol. The van der Waals surface area contributed by atoms with E-state index in [0.29, 0.717) is 5.92 Å². The number of rotatable bonds is 8. The summed E-state index contributed by atoms with van der Waals surface area (Å²) < 4.78 is 5.02. The number of thioether (sulfide) groups is 1. The van der Waals surface area contributed by atoms with E-state index < -0.39 is 0 Å². The van der Waals surface area contributed by atoms with Crippen LogP contribution in [0.2, 0.25) is 0 Å². The summed E-state index contributed by atoms with van der Waals surface area (Å²) in [6.45, 7) is 1.58. The van der Waals surface area contributed by atoms with Crippen molar-refractivity contribution >= 4 is 11.8 Å². The van der Waals surface area contributed by atoms with E-state index in [1.165, 1.54) is 5.56 Å². The Hall–Kier alpha value is -0.510. The summed E-state index contributed by atoms with van der Waals surface area (Å²) in [6, 6.07) is 10.5. The molecule has 0 aliphatic rings. The Balaban J connectivity index is 2.27. The molecule has 1 aromatic carbocycles. The molecule has 0 spiro atoms. The Bertz CT molecular complexity index is 266. The van der Waals surface area contributed by atoms with E-state index in [0.717, 1.165) is 31.1 Å². The first-order chi connectivity index (χ1) is 7.88. The lowest BCUT2D eigenvalue weighted by molar-refractivity contribution is 0.200. The summed E-state index contributed by atoms with van der Waals surface area (Å²) in [5.74, 6) is 2.73. The Morgan fingerprint density at radius 2 is 2.06 bits per heavy atom. The number of hydrogen-bond acceptors (Lipinski definition) is 3. The quantitative estimate of drug-likeness (QED) is 0.708. The molecule has 16 heavy (non-hydrogen) atoms. The fourth-order valence-corrected chi connectivity index (χ4v) is 2.66. The molecule has 0 saturated carbocycles. The lowest BCUT2D eigenvalue weighted by Crippen LogP contribution is -2.15. The summed E-state index contributed by atoms with van der Waals surface area (Å²) >= 11 is 1.96. The van der Waals surface area contributed by atoms with Crippen LogP contribution in [0.3, 0.4) is 0 Å².